The lowest BCUT2D eigenvalue weighted by molar-refractivity contribution is -0.119. The smallest absolute Gasteiger partial charge is 0.217 e. The number of carbonyl (C=O) groups is 1. The average molecular weight is 161 g/mol. The van der Waals surface area contributed by atoms with E-state index in [1.807, 2.05) is 6.92 Å². The summed E-state index contributed by atoms with van der Waals surface area (Å²) in [5.41, 5.74) is 0. The highest BCUT2D eigenvalue weighted by Gasteiger charge is 2.00. The lowest BCUT2D eigenvalue weighted by Gasteiger charge is -2.10. The molecule has 0 heterocycles. The molecule has 0 aliphatic carbocycles. The maximum absolute atomic E-state index is 10.5. The van der Waals surface area contributed by atoms with Crippen LogP contribution in [-0.2, 0) is 4.79 Å². The van der Waals surface area contributed by atoms with Crippen LogP contribution < -0.4 is 5.32 Å². The summed E-state index contributed by atoms with van der Waals surface area (Å²) < 4.78 is 0. The van der Waals surface area contributed by atoms with E-state index in [0.29, 0.717) is 6.04 Å². The number of thioether (sulfide) groups is 1. The molecule has 0 radical (unpaired) electrons. The van der Waals surface area contributed by atoms with Crippen LogP contribution in [0.25, 0.3) is 0 Å². The first-order valence-corrected chi connectivity index (χ1v) is 4.82. The highest BCUT2D eigenvalue weighted by Crippen LogP contribution is 1.98. The Morgan fingerprint density at radius 3 is 2.70 bits per heavy atom. The molecule has 0 saturated carbocycles. The van der Waals surface area contributed by atoms with Crippen LogP contribution in [-0.4, -0.2) is 24.0 Å². The number of carbonyl (C=O) groups excluding carboxylic acids is 1. The van der Waals surface area contributed by atoms with E-state index in [-0.39, 0.29) is 5.91 Å². The number of hydrogen-bond acceptors (Lipinski definition) is 2. The molecule has 0 aromatic heterocycles. The zero-order valence-electron chi connectivity index (χ0n) is 6.81. The standard InChI is InChI=1S/C7H15NOS/c1-6(4-5-10-3)8-7(2)9/h6H,4-5H2,1-3H3,(H,8,9)/t6-/m1/s1. The number of rotatable bonds is 4. The van der Waals surface area contributed by atoms with E-state index in [4.69, 9.17) is 0 Å². The topological polar surface area (TPSA) is 29.1 Å². The van der Waals surface area contributed by atoms with Gasteiger partial charge in [-0.15, -0.1) is 0 Å². The van der Waals surface area contributed by atoms with Crippen molar-refractivity contribution in [2.45, 2.75) is 26.3 Å². The monoisotopic (exact) mass is 161 g/mol. The highest BCUT2D eigenvalue weighted by molar-refractivity contribution is 7.98. The fourth-order valence-corrected chi connectivity index (χ4v) is 1.30. The van der Waals surface area contributed by atoms with Gasteiger partial charge in [0.2, 0.25) is 5.91 Å². The van der Waals surface area contributed by atoms with E-state index in [0.717, 1.165) is 12.2 Å². The summed E-state index contributed by atoms with van der Waals surface area (Å²) >= 11 is 1.81. The van der Waals surface area contributed by atoms with E-state index >= 15 is 0 Å². The second-order valence-corrected chi connectivity index (χ2v) is 3.37. The minimum Gasteiger partial charge on any atom is -0.354 e. The fourth-order valence-electron chi connectivity index (χ4n) is 0.714. The molecule has 10 heavy (non-hydrogen) atoms. The third-order valence-electron chi connectivity index (χ3n) is 1.20. The Morgan fingerprint density at radius 1 is 1.70 bits per heavy atom. The normalized spacial score (nSPS) is 12.7. The van der Waals surface area contributed by atoms with Gasteiger partial charge in [-0.05, 0) is 25.4 Å². The quantitative estimate of drug-likeness (QED) is 0.672. The van der Waals surface area contributed by atoms with Crippen molar-refractivity contribution in [1.82, 2.24) is 5.32 Å². The van der Waals surface area contributed by atoms with Crippen LogP contribution in [0.1, 0.15) is 20.3 Å². The first kappa shape index (κ1) is 9.82. The van der Waals surface area contributed by atoms with Crippen LogP contribution >= 0.6 is 11.8 Å². The Balaban J connectivity index is 3.25. The first-order valence-electron chi connectivity index (χ1n) is 3.43. The molecule has 2 nitrogen and oxygen atoms in total. The Hall–Kier alpha value is -0.180. The lowest BCUT2D eigenvalue weighted by Crippen LogP contribution is -2.30. The molecule has 60 valence electrons. The van der Waals surface area contributed by atoms with Crippen LogP contribution in [0, 0.1) is 0 Å². The molecule has 0 aromatic carbocycles. The van der Waals surface area contributed by atoms with Crippen molar-refractivity contribution in [2.24, 2.45) is 0 Å². The molecule has 0 rings (SSSR count). The summed E-state index contributed by atoms with van der Waals surface area (Å²) in [6, 6.07) is 0.324. The molecule has 1 atom stereocenters. The van der Waals surface area contributed by atoms with Gasteiger partial charge in [0.25, 0.3) is 0 Å². The maximum Gasteiger partial charge on any atom is 0.217 e. The Labute approximate surface area is 66.8 Å². The van der Waals surface area contributed by atoms with Gasteiger partial charge >= 0.3 is 0 Å². The molecule has 0 saturated heterocycles. The van der Waals surface area contributed by atoms with Crippen molar-refractivity contribution in [3.05, 3.63) is 0 Å². The van der Waals surface area contributed by atoms with Gasteiger partial charge in [-0.2, -0.15) is 11.8 Å². The molecular formula is C7H15NOS. The van der Waals surface area contributed by atoms with E-state index in [1.54, 1.807) is 18.7 Å². The van der Waals surface area contributed by atoms with Crippen molar-refractivity contribution >= 4 is 17.7 Å². The zero-order valence-corrected chi connectivity index (χ0v) is 7.62. The molecular weight excluding hydrogens is 146 g/mol. The van der Waals surface area contributed by atoms with Crippen molar-refractivity contribution < 1.29 is 4.79 Å². The Bertz CT molecular complexity index is 106. The first-order chi connectivity index (χ1) is 4.66. The summed E-state index contributed by atoms with van der Waals surface area (Å²) in [6.07, 6.45) is 3.13. The average Bonchev–Trinajstić information content (AvgIpc) is 1.82. The maximum atomic E-state index is 10.5. The molecule has 0 aromatic rings. The largest absolute Gasteiger partial charge is 0.354 e. The number of nitrogens with one attached hydrogen (secondary N) is 1. The summed E-state index contributed by atoms with van der Waals surface area (Å²) in [6.45, 7) is 3.58. The van der Waals surface area contributed by atoms with Crippen LogP contribution in [0.15, 0.2) is 0 Å². The van der Waals surface area contributed by atoms with Gasteiger partial charge in [0, 0.05) is 13.0 Å². The van der Waals surface area contributed by atoms with Crippen molar-refractivity contribution in [3.63, 3.8) is 0 Å². The molecule has 0 bridgehead atoms. The van der Waals surface area contributed by atoms with Gasteiger partial charge in [-0.25, -0.2) is 0 Å². The lowest BCUT2D eigenvalue weighted by atomic mass is 10.2. The Kier molecular flexibility index (Phi) is 5.49. The summed E-state index contributed by atoms with van der Waals surface area (Å²) in [7, 11) is 0. The number of hydrogen-bond donors (Lipinski definition) is 1. The minimum absolute atomic E-state index is 0.0635. The molecule has 3 heteroatoms. The van der Waals surface area contributed by atoms with Crippen LogP contribution in [0.4, 0.5) is 0 Å². The van der Waals surface area contributed by atoms with Gasteiger partial charge < -0.3 is 5.32 Å². The van der Waals surface area contributed by atoms with Gasteiger partial charge in [0.05, 0.1) is 0 Å². The van der Waals surface area contributed by atoms with Crippen molar-refractivity contribution in [3.8, 4) is 0 Å². The van der Waals surface area contributed by atoms with E-state index in [9.17, 15) is 4.79 Å². The highest BCUT2D eigenvalue weighted by atomic mass is 32.2. The second kappa shape index (κ2) is 5.59. The van der Waals surface area contributed by atoms with Crippen LogP contribution in [0.3, 0.4) is 0 Å². The molecule has 0 unspecified atom stereocenters. The predicted octanol–water partition coefficient (Wildman–Crippen LogP) is 1.26. The molecule has 1 amide bonds. The fraction of sp³-hybridized carbons (Fsp3) is 0.857. The molecule has 0 spiro atoms. The summed E-state index contributed by atoms with van der Waals surface area (Å²) in [5, 5.41) is 2.83. The van der Waals surface area contributed by atoms with Gasteiger partial charge in [-0.1, -0.05) is 0 Å². The zero-order chi connectivity index (χ0) is 7.98. The van der Waals surface area contributed by atoms with Gasteiger partial charge in [-0.3, -0.25) is 4.79 Å². The van der Waals surface area contributed by atoms with Crippen LogP contribution in [0.5, 0.6) is 0 Å². The van der Waals surface area contributed by atoms with Crippen molar-refractivity contribution in [2.75, 3.05) is 12.0 Å². The number of amides is 1. The predicted molar refractivity (Wildman–Crippen MR) is 46.3 cm³/mol. The molecule has 0 fully saturated rings. The summed E-state index contributed by atoms with van der Waals surface area (Å²) in [4.78, 5) is 10.5. The molecule has 0 aliphatic rings. The summed E-state index contributed by atoms with van der Waals surface area (Å²) in [5.74, 6) is 1.18. The Morgan fingerprint density at radius 2 is 2.30 bits per heavy atom. The van der Waals surface area contributed by atoms with Crippen LogP contribution in [0.2, 0.25) is 0 Å². The van der Waals surface area contributed by atoms with Gasteiger partial charge in [0.15, 0.2) is 0 Å². The van der Waals surface area contributed by atoms with E-state index < -0.39 is 0 Å². The molecule has 1 N–H and O–H groups in total. The van der Waals surface area contributed by atoms with E-state index in [2.05, 4.69) is 11.6 Å². The minimum atomic E-state index is 0.0635. The third kappa shape index (κ3) is 5.95. The second-order valence-electron chi connectivity index (χ2n) is 2.38. The van der Waals surface area contributed by atoms with Crippen molar-refractivity contribution in [1.29, 1.82) is 0 Å². The molecule has 0 aliphatic heterocycles. The van der Waals surface area contributed by atoms with E-state index in [1.165, 1.54) is 0 Å². The third-order valence-corrected chi connectivity index (χ3v) is 1.85. The van der Waals surface area contributed by atoms with Gasteiger partial charge in [0.1, 0.15) is 0 Å². The SMILES string of the molecule is CSCC[C@@H](C)NC(C)=O.